The molecule has 1 heterocycles. The van der Waals surface area contributed by atoms with Crippen molar-refractivity contribution in [3.63, 3.8) is 0 Å². The highest BCUT2D eigenvalue weighted by Crippen LogP contribution is 2.16. The number of nitrogens with zero attached hydrogens (tertiary/aromatic N) is 1. The molecule has 2 aromatic carbocycles. The van der Waals surface area contributed by atoms with E-state index in [0.717, 1.165) is 35.2 Å². The molecule has 1 aliphatic heterocycles. The van der Waals surface area contributed by atoms with Gasteiger partial charge in [0.2, 0.25) is 0 Å². The van der Waals surface area contributed by atoms with Crippen molar-refractivity contribution in [2.24, 2.45) is 0 Å². The first-order chi connectivity index (χ1) is 10.2. The van der Waals surface area contributed by atoms with Gasteiger partial charge in [-0.05, 0) is 35.9 Å². The fraction of sp³-hybridized carbons (Fsp3) is 0.167. The maximum atomic E-state index is 12.5. The molecule has 0 aromatic heterocycles. The fourth-order valence-electron chi connectivity index (χ4n) is 2.49. The van der Waals surface area contributed by atoms with Gasteiger partial charge in [0.05, 0.1) is 0 Å². The third kappa shape index (κ3) is 3.49. The summed E-state index contributed by atoms with van der Waals surface area (Å²) in [4.78, 5) is 14.8. The lowest BCUT2D eigenvalue weighted by Crippen LogP contribution is -2.19. The molecule has 2 aromatic rings. The van der Waals surface area contributed by atoms with Gasteiger partial charge in [0.15, 0.2) is 5.78 Å². The minimum Gasteiger partial charge on any atom is -0.292 e. The molecule has 0 atom stereocenters. The molecule has 0 saturated heterocycles. The summed E-state index contributed by atoms with van der Waals surface area (Å²) in [6, 6.07) is 15.4. The molecule has 0 N–H and O–H groups in total. The molecule has 2 nitrogen and oxygen atoms in total. The summed E-state index contributed by atoms with van der Waals surface area (Å²) in [5.41, 5.74) is 2.65. The SMILES string of the molecule is O=C(c1ccc(Br)cc1)c1cccc(CN2CC=CC2)c1. The molecular weight excluding hydrogens is 326 g/mol. The molecule has 0 spiro atoms. The Hall–Kier alpha value is -1.71. The highest BCUT2D eigenvalue weighted by Gasteiger charge is 2.11. The Morgan fingerprint density at radius 1 is 1.00 bits per heavy atom. The Kier molecular flexibility index (Phi) is 4.32. The van der Waals surface area contributed by atoms with Crippen LogP contribution in [0.2, 0.25) is 0 Å². The molecule has 0 saturated carbocycles. The van der Waals surface area contributed by atoms with Gasteiger partial charge in [-0.3, -0.25) is 9.69 Å². The van der Waals surface area contributed by atoms with Crippen LogP contribution in [-0.2, 0) is 6.54 Å². The van der Waals surface area contributed by atoms with Gasteiger partial charge < -0.3 is 0 Å². The van der Waals surface area contributed by atoms with Gasteiger partial charge in [-0.2, -0.15) is 0 Å². The quantitative estimate of drug-likeness (QED) is 0.617. The van der Waals surface area contributed by atoms with Crippen molar-refractivity contribution in [2.45, 2.75) is 6.54 Å². The second-order valence-corrected chi connectivity index (χ2v) is 6.12. The third-order valence-electron chi connectivity index (χ3n) is 3.60. The first-order valence-electron chi connectivity index (χ1n) is 6.99. The Labute approximate surface area is 133 Å². The third-order valence-corrected chi connectivity index (χ3v) is 4.12. The van der Waals surface area contributed by atoms with Gasteiger partial charge in [-0.15, -0.1) is 0 Å². The average molecular weight is 342 g/mol. The minimum absolute atomic E-state index is 0.0731. The number of hydrogen-bond donors (Lipinski definition) is 0. The van der Waals surface area contributed by atoms with Crippen molar-refractivity contribution in [3.05, 3.63) is 81.8 Å². The molecule has 3 heteroatoms. The van der Waals surface area contributed by atoms with Crippen LogP contribution in [0.4, 0.5) is 0 Å². The number of halogens is 1. The van der Waals surface area contributed by atoms with E-state index in [2.05, 4.69) is 39.0 Å². The van der Waals surface area contributed by atoms with Crippen molar-refractivity contribution in [1.82, 2.24) is 4.90 Å². The van der Waals surface area contributed by atoms with Crippen molar-refractivity contribution < 1.29 is 4.79 Å². The summed E-state index contributed by atoms with van der Waals surface area (Å²) >= 11 is 3.39. The van der Waals surface area contributed by atoms with Crippen LogP contribution >= 0.6 is 15.9 Å². The van der Waals surface area contributed by atoms with E-state index < -0.39 is 0 Å². The van der Waals surface area contributed by atoms with Gasteiger partial charge in [0, 0.05) is 35.2 Å². The maximum absolute atomic E-state index is 12.5. The molecule has 0 fully saturated rings. The molecular formula is C18H16BrNO. The zero-order valence-electron chi connectivity index (χ0n) is 11.6. The topological polar surface area (TPSA) is 20.3 Å². The van der Waals surface area contributed by atoms with Crippen molar-refractivity contribution in [2.75, 3.05) is 13.1 Å². The summed E-state index contributed by atoms with van der Waals surface area (Å²) < 4.78 is 0.981. The van der Waals surface area contributed by atoms with E-state index >= 15 is 0 Å². The van der Waals surface area contributed by atoms with E-state index in [4.69, 9.17) is 0 Å². The Balaban J connectivity index is 1.78. The van der Waals surface area contributed by atoms with Crippen molar-refractivity contribution in [1.29, 1.82) is 0 Å². The molecule has 21 heavy (non-hydrogen) atoms. The number of carbonyl (C=O) groups excluding carboxylic acids is 1. The van der Waals surface area contributed by atoms with Crippen LogP contribution in [0.15, 0.2) is 65.2 Å². The van der Waals surface area contributed by atoms with Crippen LogP contribution in [-0.4, -0.2) is 23.8 Å². The van der Waals surface area contributed by atoms with E-state index in [1.54, 1.807) is 0 Å². The number of hydrogen-bond acceptors (Lipinski definition) is 2. The van der Waals surface area contributed by atoms with E-state index in [0.29, 0.717) is 0 Å². The monoisotopic (exact) mass is 341 g/mol. The Morgan fingerprint density at radius 2 is 1.71 bits per heavy atom. The maximum Gasteiger partial charge on any atom is 0.193 e. The van der Waals surface area contributed by atoms with Crippen LogP contribution in [0.1, 0.15) is 21.5 Å². The normalized spacial score (nSPS) is 14.5. The molecule has 106 valence electrons. The second-order valence-electron chi connectivity index (χ2n) is 5.20. The predicted octanol–water partition coefficient (Wildman–Crippen LogP) is 4.05. The Bertz CT molecular complexity index is 668. The zero-order chi connectivity index (χ0) is 14.7. The number of ketones is 1. The van der Waals surface area contributed by atoms with Crippen LogP contribution in [0.25, 0.3) is 0 Å². The molecule has 3 rings (SSSR count). The molecule has 0 unspecified atom stereocenters. The molecule has 1 aliphatic rings. The zero-order valence-corrected chi connectivity index (χ0v) is 13.2. The predicted molar refractivity (Wildman–Crippen MR) is 88.4 cm³/mol. The Morgan fingerprint density at radius 3 is 2.43 bits per heavy atom. The van der Waals surface area contributed by atoms with E-state index in [1.165, 1.54) is 5.56 Å². The highest BCUT2D eigenvalue weighted by atomic mass is 79.9. The van der Waals surface area contributed by atoms with Gasteiger partial charge in [0.1, 0.15) is 0 Å². The largest absolute Gasteiger partial charge is 0.292 e. The van der Waals surface area contributed by atoms with Gasteiger partial charge >= 0.3 is 0 Å². The number of benzene rings is 2. The molecule has 0 radical (unpaired) electrons. The van der Waals surface area contributed by atoms with Gasteiger partial charge in [0.25, 0.3) is 0 Å². The van der Waals surface area contributed by atoms with E-state index in [1.807, 2.05) is 42.5 Å². The van der Waals surface area contributed by atoms with E-state index in [-0.39, 0.29) is 5.78 Å². The summed E-state index contributed by atoms with van der Waals surface area (Å²) in [5.74, 6) is 0.0731. The van der Waals surface area contributed by atoms with Crippen molar-refractivity contribution in [3.8, 4) is 0 Å². The highest BCUT2D eigenvalue weighted by molar-refractivity contribution is 9.10. The summed E-state index contributed by atoms with van der Waals surface area (Å²) in [6.07, 6.45) is 4.35. The number of carbonyl (C=O) groups is 1. The first kappa shape index (κ1) is 14.2. The second kappa shape index (κ2) is 6.37. The van der Waals surface area contributed by atoms with E-state index in [9.17, 15) is 4.79 Å². The summed E-state index contributed by atoms with van der Waals surface area (Å²) in [6.45, 7) is 2.87. The lowest BCUT2D eigenvalue weighted by molar-refractivity contribution is 0.103. The van der Waals surface area contributed by atoms with Crippen LogP contribution in [0.5, 0.6) is 0 Å². The lowest BCUT2D eigenvalue weighted by Gasteiger charge is -2.15. The first-order valence-corrected chi connectivity index (χ1v) is 7.78. The average Bonchev–Trinajstić information content (AvgIpc) is 3.00. The standard InChI is InChI=1S/C18H16BrNO/c19-17-8-6-15(7-9-17)18(21)16-5-3-4-14(12-16)13-20-10-1-2-11-20/h1-9,12H,10-11,13H2. The molecule has 0 amide bonds. The fourth-order valence-corrected chi connectivity index (χ4v) is 2.75. The lowest BCUT2D eigenvalue weighted by atomic mass is 10.0. The molecule has 0 bridgehead atoms. The summed E-state index contributed by atoms with van der Waals surface area (Å²) in [7, 11) is 0. The van der Waals surface area contributed by atoms with Gasteiger partial charge in [-0.25, -0.2) is 0 Å². The number of rotatable bonds is 4. The molecule has 0 aliphatic carbocycles. The minimum atomic E-state index is 0.0731. The van der Waals surface area contributed by atoms with Crippen LogP contribution < -0.4 is 0 Å². The summed E-state index contributed by atoms with van der Waals surface area (Å²) in [5, 5.41) is 0. The van der Waals surface area contributed by atoms with Gasteiger partial charge in [-0.1, -0.05) is 46.3 Å². The van der Waals surface area contributed by atoms with Crippen LogP contribution in [0.3, 0.4) is 0 Å². The van der Waals surface area contributed by atoms with Crippen molar-refractivity contribution >= 4 is 21.7 Å². The van der Waals surface area contributed by atoms with Crippen LogP contribution in [0, 0.1) is 0 Å². The smallest absolute Gasteiger partial charge is 0.193 e.